The number of urea groups is 1. The number of esters is 1. The number of rotatable bonds is 6. The number of nitrogens with zero attached hydrogens (tertiary/aromatic N) is 3. The van der Waals surface area contributed by atoms with Gasteiger partial charge in [0.1, 0.15) is 0 Å². The lowest BCUT2D eigenvalue weighted by Gasteiger charge is -2.27. The van der Waals surface area contributed by atoms with Crippen LogP contribution in [0.4, 0.5) is 10.5 Å². The lowest BCUT2D eigenvalue weighted by atomic mass is 9.93. The Bertz CT molecular complexity index is 1270. The van der Waals surface area contributed by atoms with Crippen LogP contribution in [0.15, 0.2) is 72.1 Å². The first-order valence-electron chi connectivity index (χ1n) is 10.2. The lowest BCUT2D eigenvalue weighted by molar-refractivity contribution is -0.384. The van der Waals surface area contributed by atoms with Crippen LogP contribution in [0.1, 0.15) is 25.5 Å². The highest BCUT2D eigenvalue weighted by atomic mass is 16.6. The number of amides is 2. The van der Waals surface area contributed by atoms with E-state index >= 15 is 0 Å². The van der Waals surface area contributed by atoms with Crippen LogP contribution in [0.2, 0.25) is 0 Å². The van der Waals surface area contributed by atoms with E-state index in [1.807, 2.05) is 30.3 Å². The topological polar surface area (TPSA) is 128 Å². The number of non-ortho nitro benzene ring substituents is 1. The lowest BCUT2D eigenvalue weighted by Crippen LogP contribution is -2.45. The molecule has 168 valence electrons. The number of aromatic nitrogens is 2. The van der Waals surface area contributed by atoms with E-state index in [4.69, 9.17) is 4.74 Å². The van der Waals surface area contributed by atoms with Gasteiger partial charge in [-0.3, -0.25) is 10.1 Å². The molecule has 1 aliphatic rings. The van der Waals surface area contributed by atoms with Crippen molar-refractivity contribution in [2.24, 2.45) is 0 Å². The number of nitro groups is 1. The van der Waals surface area contributed by atoms with Gasteiger partial charge in [-0.25, -0.2) is 14.3 Å². The fourth-order valence-corrected chi connectivity index (χ4v) is 3.71. The second-order valence-corrected chi connectivity index (χ2v) is 7.31. The number of hydrogen-bond donors (Lipinski definition) is 2. The molecule has 0 fully saturated rings. The molecule has 0 saturated heterocycles. The molecule has 2 N–H and O–H groups in total. The molecule has 10 heteroatoms. The Kier molecular flexibility index (Phi) is 5.90. The minimum Gasteiger partial charge on any atom is -0.463 e. The van der Waals surface area contributed by atoms with Crippen LogP contribution in [0.3, 0.4) is 0 Å². The van der Waals surface area contributed by atoms with Gasteiger partial charge < -0.3 is 15.4 Å². The summed E-state index contributed by atoms with van der Waals surface area (Å²) in [5.74, 6) is -0.579. The quantitative estimate of drug-likeness (QED) is 0.337. The highest BCUT2D eigenvalue weighted by molar-refractivity contribution is 5.95. The van der Waals surface area contributed by atoms with Crippen molar-refractivity contribution in [3.63, 3.8) is 0 Å². The second-order valence-electron chi connectivity index (χ2n) is 7.31. The summed E-state index contributed by atoms with van der Waals surface area (Å²) in [5.41, 5.74) is 2.60. The molecule has 1 atom stereocenters. The van der Waals surface area contributed by atoms with Crippen molar-refractivity contribution in [3.8, 4) is 16.9 Å². The van der Waals surface area contributed by atoms with Crippen molar-refractivity contribution < 1.29 is 19.2 Å². The van der Waals surface area contributed by atoms with Crippen LogP contribution < -0.4 is 10.6 Å². The van der Waals surface area contributed by atoms with E-state index in [0.29, 0.717) is 22.5 Å². The Morgan fingerprint density at radius 2 is 1.97 bits per heavy atom. The molecule has 3 aromatic rings. The number of carbonyl (C=O) groups is 2. The van der Waals surface area contributed by atoms with E-state index in [0.717, 1.165) is 5.69 Å². The smallest absolute Gasteiger partial charge is 0.338 e. The zero-order chi connectivity index (χ0) is 23.5. The van der Waals surface area contributed by atoms with Gasteiger partial charge in [0.15, 0.2) is 0 Å². The maximum absolute atomic E-state index is 12.8. The van der Waals surface area contributed by atoms with Gasteiger partial charge in [0.25, 0.3) is 5.69 Å². The van der Waals surface area contributed by atoms with E-state index in [1.165, 1.54) is 12.1 Å². The van der Waals surface area contributed by atoms with E-state index in [1.54, 1.807) is 36.9 Å². The van der Waals surface area contributed by atoms with Crippen molar-refractivity contribution in [2.75, 3.05) is 6.61 Å². The van der Waals surface area contributed by atoms with Gasteiger partial charge >= 0.3 is 12.0 Å². The molecular formula is C23H21N5O5. The predicted octanol–water partition coefficient (Wildman–Crippen LogP) is 3.64. The molecule has 2 amide bonds. The maximum atomic E-state index is 12.8. The van der Waals surface area contributed by atoms with Crippen LogP contribution in [0.5, 0.6) is 0 Å². The average Bonchev–Trinajstić information content (AvgIpc) is 3.25. The Morgan fingerprint density at radius 3 is 2.67 bits per heavy atom. The zero-order valence-electron chi connectivity index (χ0n) is 17.9. The molecule has 2 aromatic carbocycles. The van der Waals surface area contributed by atoms with Crippen molar-refractivity contribution in [3.05, 3.63) is 87.7 Å². The minimum atomic E-state index is -0.871. The molecule has 2 heterocycles. The molecule has 0 radical (unpaired) electrons. The molecule has 4 rings (SSSR count). The van der Waals surface area contributed by atoms with Crippen molar-refractivity contribution in [1.82, 2.24) is 20.4 Å². The van der Waals surface area contributed by atoms with Gasteiger partial charge in [-0.05, 0) is 26.0 Å². The fourth-order valence-electron chi connectivity index (χ4n) is 3.71. The van der Waals surface area contributed by atoms with E-state index in [-0.39, 0.29) is 17.9 Å². The summed E-state index contributed by atoms with van der Waals surface area (Å²) in [6.07, 6.45) is 1.70. The summed E-state index contributed by atoms with van der Waals surface area (Å²) < 4.78 is 6.83. The molecule has 1 aliphatic heterocycles. The molecule has 10 nitrogen and oxygen atoms in total. The van der Waals surface area contributed by atoms with Gasteiger partial charge in [-0.2, -0.15) is 5.10 Å². The summed E-state index contributed by atoms with van der Waals surface area (Å²) in [4.78, 5) is 36.0. The first-order chi connectivity index (χ1) is 15.9. The van der Waals surface area contributed by atoms with Gasteiger partial charge in [0.05, 0.1) is 34.5 Å². The van der Waals surface area contributed by atoms with Crippen LogP contribution >= 0.6 is 0 Å². The average molecular weight is 447 g/mol. The third-order valence-corrected chi connectivity index (χ3v) is 5.17. The third-order valence-electron chi connectivity index (χ3n) is 5.17. The number of nitro benzene ring substituents is 1. The van der Waals surface area contributed by atoms with Crippen LogP contribution in [-0.2, 0) is 9.53 Å². The highest BCUT2D eigenvalue weighted by Gasteiger charge is 2.35. The summed E-state index contributed by atoms with van der Waals surface area (Å²) in [6, 6.07) is 14.0. The number of allylic oxidation sites excluding steroid dienone is 1. The Morgan fingerprint density at radius 1 is 1.21 bits per heavy atom. The summed E-state index contributed by atoms with van der Waals surface area (Å²) in [6.45, 7) is 3.48. The van der Waals surface area contributed by atoms with E-state index < -0.39 is 23.0 Å². The second kappa shape index (κ2) is 8.95. The zero-order valence-corrected chi connectivity index (χ0v) is 17.9. The SMILES string of the molecule is CCOC(=O)C1=C(C)NC(=O)N[C@H]1c1cn(-c2ccccc2)nc1-c1cccc([N+](=O)[O-])c1. The monoisotopic (exact) mass is 447 g/mol. The predicted molar refractivity (Wildman–Crippen MR) is 119 cm³/mol. The minimum absolute atomic E-state index is 0.0978. The van der Waals surface area contributed by atoms with Crippen molar-refractivity contribution >= 4 is 17.7 Å². The maximum Gasteiger partial charge on any atom is 0.338 e. The van der Waals surface area contributed by atoms with Crippen LogP contribution in [-0.4, -0.2) is 33.3 Å². The third kappa shape index (κ3) is 4.31. The molecule has 33 heavy (non-hydrogen) atoms. The Hall–Kier alpha value is -4.47. The van der Waals surface area contributed by atoms with Crippen LogP contribution in [0.25, 0.3) is 16.9 Å². The highest BCUT2D eigenvalue weighted by Crippen LogP contribution is 2.35. The first kappa shape index (κ1) is 21.8. The van der Waals surface area contributed by atoms with E-state index in [2.05, 4.69) is 15.7 Å². The molecular weight excluding hydrogens is 426 g/mol. The van der Waals surface area contributed by atoms with Gasteiger partial charge in [-0.15, -0.1) is 0 Å². The number of carbonyl (C=O) groups excluding carboxylic acids is 2. The molecule has 0 aliphatic carbocycles. The number of hydrogen-bond acceptors (Lipinski definition) is 6. The largest absolute Gasteiger partial charge is 0.463 e. The molecule has 0 bridgehead atoms. The summed E-state index contributed by atoms with van der Waals surface area (Å²) >= 11 is 0. The number of nitrogens with one attached hydrogen (secondary N) is 2. The van der Waals surface area contributed by atoms with Crippen molar-refractivity contribution in [1.29, 1.82) is 0 Å². The fraction of sp³-hybridized carbons (Fsp3) is 0.174. The van der Waals surface area contributed by atoms with Gasteiger partial charge in [0.2, 0.25) is 0 Å². The van der Waals surface area contributed by atoms with E-state index in [9.17, 15) is 19.7 Å². The molecule has 1 aromatic heterocycles. The van der Waals surface area contributed by atoms with Gasteiger partial charge in [0, 0.05) is 35.2 Å². The number of ether oxygens (including phenoxy) is 1. The Labute approximate surface area is 189 Å². The molecule has 0 spiro atoms. The standard InChI is InChI=1S/C23H21N5O5/c1-3-33-22(29)19-14(2)24-23(30)25-21(19)18-13-27(16-9-5-4-6-10-16)26-20(18)15-8-7-11-17(12-15)28(31)32/h4-13,21H,3H2,1-2H3,(H2,24,25,30)/t21-/m0/s1. The summed E-state index contributed by atoms with van der Waals surface area (Å²) in [7, 11) is 0. The molecule has 0 unspecified atom stereocenters. The van der Waals surface area contributed by atoms with Crippen molar-refractivity contribution in [2.45, 2.75) is 19.9 Å². The Balaban J connectivity index is 1.92. The summed E-state index contributed by atoms with van der Waals surface area (Å²) in [5, 5.41) is 21.4. The normalized spacial score (nSPS) is 15.6. The van der Waals surface area contributed by atoms with Gasteiger partial charge in [-0.1, -0.05) is 30.3 Å². The number of benzene rings is 2. The van der Waals surface area contributed by atoms with Crippen LogP contribution in [0, 0.1) is 10.1 Å². The first-order valence-corrected chi connectivity index (χ1v) is 10.2. The number of para-hydroxylation sites is 1. The molecule has 0 saturated carbocycles.